The summed E-state index contributed by atoms with van der Waals surface area (Å²) in [5, 5.41) is 9.85. The normalized spacial score (nSPS) is 11.9. The second-order valence-electron chi connectivity index (χ2n) is 4.27. The minimum Gasteiger partial charge on any atom is -0.386 e. The fraction of sp³-hybridized carbons (Fsp3) is 0.545. The molecule has 1 N–H and O–H groups in total. The molecule has 0 bridgehead atoms. The Labute approximate surface area is 84.0 Å². The first-order chi connectivity index (χ1) is 6.25. The van der Waals surface area contributed by atoms with Crippen molar-refractivity contribution in [1.82, 2.24) is 4.57 Å². The Bertz CT molecular complexity index is 411. The number of nitrogens with zero attached hydrogens (tertiary/aromatic N) is 1. The second kappa shape index (κ2) is 3.24. The SMILES string of the molecule is Cc1cc(C)n(C)c(=O)c1C(C)(C)O. The largest absolute Gasteiger partial charge is 0.386 e. The van der Waals surface area contributed by atoms with Gasteiger partial charge in [0.05, 0.1) is 11.2 Å². The molecular formula is C11H17NO2. The smallest absolute Gasteiger partial charge is 0.256 e. The van der Waals surface area contributed by atoms with Gasteiger partial charge in [-0.25, -0.2) is 0 Å². The summed E-state index contributed by atoms with van der Waals surface area (Å²) in [4.78, 5) is 11.9. The van der Waals surface area contributed by atoms with E-state index in [-0.39, 0.29) is 5.56 Å². The van der Waals surface area contributed by atoms with Crippen molar-refractivity contribution in [3.8, 4) is 0 Å². The maximum absolute atomic E-state index is 11.9. The summed E-state index contributed by atoms with van der Waals surface area (Å²) in [7, 11) is 1.71. The highest BCUT2D eigenvalue weighted by atomic mass is 16.3. The lowest BCUT2D eigenvalue weighted by Crippen LogP contribution is -2.33. The van der Waals surface area contributed by atoms with E-state index in [1.54, 1.807) is 25.5 Å². The van der Waals surface area contributed by atoms with Crippen LogP contribution in [0.5, 0.6) is 0 Å². The third-order valence-corrected chi connectivity index (χ3v) is 2.48. The molecular weight excluding hydrogens is 178 g/mol. The molecule has 0 amide bonds. The van der Waals surface area contributed by atoms with Crippen LogP contribution in [0.1, 0.15) is 30.7 Å². The van der Waals surface area contributed by atoms with Crippen LogP contribution in [-0.4, -0.2) is 9.67 Å². The molecule has 0 saturated carbocycles. The molecule has 78 valence electrons. The molecule has 0 aliphatic rings. The molecule has 14 heavy (non-hydrogen) atoms. The van der Waals surface area contributed by atoms with Crippen LogP contribution in [0.2, 0.25) is 0 Å². The van der Waals surface area contributed by atoms with E-state index >= 15 is 0 Å². The van der Waals surface area contributed by atoms with E-state index in [4.69, 9.17) is 0 Å². The highest BCUT2D eigenvalue weighted by Crippen LogP contribution is 2.19. The lowest BCUT2D eigenvalue weighted by molar-refractivity contribution is 0.0758. The molecule has 0 radical (unpaired) electrons. The topological polar surface area (TPSA) is 42.2 Å². The van der Waals surface area contributed by atoms with E-state index in [0.717, 1.165) is 11.3 Å². The molecule has 0 aromatic carbocycles. The number of hydrogen-bond acceptors (Lipinski definition) is 2. The number of rotatable bonds is 1. The molecule has 0 aliphatic carbocycles. The van der Waals surface area contributed by atoms with Crippen molar-refractivity contribution in [3.63, 3.8) is 0 Å². The minimum atomic E-state index is -1.08. The highest BCUT2D eigenvalue weighted by Gasteiger charge is 2.23. The summed E-state index contributed by atoms with van der Waals surface area (Å²) in [5.74, 6) is 0. The number of aryl methyl sites for hydroxylation is 2. The Morgan fingerprint density at radius 1 is 1.36 bits per heavy atom. The molecule has 1 aromatic rings. The van der Waals surface area contributed by atoms with E-state index in [2.05, 4.69) is 0 Å². The van der Waals surface area contributed by atoms with Gasteiger partial charge in [0.2, 0.25) is 0 Å². The molecule has 0 aliphatic heterocycles. The Hall–Kier alpha value is -1.09. The zero-order valence-electron chi connectivity index (χ0n) is 9.38. The van der Waals surface area contributed by atoms with Crippen molar-refractivity contribution < 1.29 is 5.11 Å². The molecule has 0 spiro atoms. The Morgan fingerprint density at radius 3 is 2.29 bits per heavy atom. The zero-order chi connectivity index (χ0) is 11.1. The number of aromatic nitrogens is 1. The lowest BCUT2D eigenvalue weighted by Gasteiger charge is -2.21. The van der Waals surface area contributed by atoms with Crippen LogP contribution in [0, 0.1) is 13.8 Å². The van der Waals surface area contributed by atoms with Crippen molar-refractivity contribution in [3.05, 3.63) is 33.2 Å². The number of aliphatic hydroxyl groups is 1. The third kappa shape index (κ3) is 1.73. The van der Waals surface area contributed by atoms with Crippen LogP contribution in [-0.2, 0) is 12.6 Å². The van der Waals surface area contributed by atoms with Crippen LogP contribution < -0.4 is 5.56 Å². The number of pyridine rings is 1. The van der Waals surface area contributed by atoms with Crippen molar-refractivity contribution in [2.24, 2.45) is 7.05 Å². The molecule has 3 nitrogen and oxygen atoms in total. The fourth-order valence-corrected chi connectivity index (χ4v) is 1.72. The van der Waals surface area contributed by atoms with Crippen LogP contribution in [0.3, 0.4) is 0 Å². The molecule has 3 heteroatoms. The molecule has 0 atom stereocenters. The van der Waals surface area contributed by atoms with Crippen LogP contribution in [0.25, 0.3) is 0 Å². The van der Waals surface area contributed by atoms with E-state index in [9.17, 15) is 9.90 Å². The molecule has 0 fully saturated rings. The van der Waals surface area contributed by atoms with Gasteiger partial charge >= 0.3 is 0 Å². The van der Waals surface area contributed by atoms with Crippen LogP contribution in [0.15, 0.2) is 10.9 Å². The van der Waals surface area contributed by atoms with E-state index < -0.39 is 5.60 Å². The van der Waals surface area contributed by atoms with Gasteiger partial charge in [-0.15, -0.1) is 0 Å². The molecule has 0 saturated heterocycles. The predicted molar refractivity (Wildman–Crippen MR) is 56.4 cm³/mol. The maximum Gasteiger partial charge on any atom is 0.256 e. The van der Waals surface area contributed by atoms with Crippen LogP contribution in [0.4, 0.5) is 0 Å². The van der Waals surface area contributed by atoms with Crippen molar-refractivity contribution in [1.29, 1.82) is 0 Å². The Balaban J connectivity index is 3.62. The van der Waals surface area contributed by atoms with E-state index in [1.165, 1.54) is 0 Å². The predicted octanol–water partition coefficient (Wildman–Crippen LogP) is 1.23. The van der Waals surface area contributed by atoms with Crippen LogP contribution >= 0.6 is 0 Å². The second-order valence-corrected chi connectivity index (χ2v) is 4.27. The summed E-state index contributed by atoms with van der Waals surface area (Å²) >= 11 is 0. The molecule has 1 aromatic heterocycles. The van der Waals surface area contributed by atoms with Gasteiger partial charge in [-0.1, -0.05) is 0 Å². The summed E-state index contributed by atoms with van der Waals surface area (Å²) in [6, 6.07) is 1.91. The first-order valence-electron chi connectivity index (χ1n) is 4.65. The number of hydrogen-bond donors (Lipinski definition) is 1. The van der Waals surface area contributed by atoms with Gasteiger partial charge in [0.1, 0.15) is 0 Å². The Morgan fingerprint density at radius 2 is 1.86 bits per heavy atom. The van der Waals surface area contributed by atoms with E-state index in [0.29, 0.717) is 5.56 Å². The van der Waals surface area contributed by atoms with Crippen molar-refractivity contribution >= 4 is 0 Å². The third-order valence-electron chi connectivity index (χ3n) is 2.48. The van der Waals surface area contributed by atoms with Gasteiger partial charge < -0.3 is 9.67 Å². The van der Waals surface area contributed by atoms with Gasteiger partial charge in [-0.05, 0) is 39.3 Å². The van der Waals surface area contributed by atoms with Gasteiger partial charge in [-0.2, -0.15) is 0 Å². The standard InChI is InChI=1S/C11H17NO2/c1-7-6-8(2)12(5)10(13)9(7)11(3,4)14/h6,14H,1-5H3. The fourth-order valence-electron chi connectivity index (χ4n) is 1.72. The van der Waals surface area contributed by atoms with Gasteiger partial charge in [0, 0.05) is 12.7 Å². The van der Waals surface area contributed by atoms with Gasteiger partial charge in [0.25, 0.3) is 5.56 Å². The lowest BCUT2D eigenvalue weighted by atomic mass is 9.95. The summed E-state index contributed by atoms with van der Waals surface area (Å²) in [6.45, 7) is 6.99. The average molecular weight is 195 g/mol. The maximum atomic E-state index is 11.9. The molecule has 0 unspecified atom stereocenters. The van der Waals surface area contributed by atoms with Gasteiger partial charge in [0.15, 0.2) is 0 Å². The minimum absolute atomic E-state index is 0.116. The zero-order valence-corrected chi connectivity index (χ0v) is 9.38. The average Bonchev–Trinajstić information content (AvgIpc) is 1.97. The molecule has 1 rings (SSSR count). The monoisotopic (exact) mass is 195 g/mol. The van der Waals surface area contributed by atoms with Crippen molar-refractivity contribution in [2.75, 3.05) is 0 Å². The summed E-state index contributed by atoms with van der Waals surface area (Å²) in [6.07, 6.45) is 0. The Kier molecular flexibility index (Phi) is 2.54. The molecule has 1 heterocycles. The van der Waals surface area contributed by atoms with Gasteiger partial charge in [-0.3, -0.25) is 4.79 Å². The first-order valence-corrected chi connectivity index (χ1v) is 4.65. The summed E-state index contributed by atoms with van der Waals surface area (Å²) in [5.41, 5.74) is 1.03. The summed E-state index contributed by atoms with van der Waals surface area (Å²) < 4.78 is 1.56. The highest BCUT2D eigenvalue weighted by molar-refractivity contribution is 5.30. The quantitative estimate of drug-likeness (QED) is 0.732. The van der Waals surface area contributed by atoms with Crippen molar-refractivity contribution in [2.45, 2.75) is 33.3 Å². The first kappa shape index (κ1) is 11.0. The van der Waals surface area contributed by atoms with E-state index in [1.807, 2.05) is 19.9 Å².